The Morgan fingerprint density at radius 1 is 1.43 bits per heavy atom. The zero-order chi connectivity index (χ0) is 10.6. The largest absolute Gasteiger partial charge is 0.334 e. The highest BCUT2D eigenvalue weighted by molar-refractivity contribution is 7.91. The van der Waals surface area contributed by atoms with Gasteiger partial charge in [0, 0.05) is 31.1 Å². The molecular formula is C9H16N2O2S. The van der Waals surface area contributed by atoms with Crippen LogP contribution in [0.25, 0.3) is 0 Å². The van der Waals surface area contributed by atoms with E-state index in [-0.39, 0.29) is 11.5 Å². The maximum Gasteiger partial charge on any atom is 0.151 e. The van der Waals surface area contributed by atoms with Gasteiger partial charge in [0.25, 0.3) is 0 Å². The first-order chi connectivity index (χ1) is 6.59. The third-order valence-electron chi connectivity index (χ3n) is 2.20. The van der Waals surface area contributed by atoms with E-state index in [9.17, 15) is 8.42 Å². The zero-order valence-corrected chi connectivity index (χ0v) is 9.42. The molecule has 0 saturated carbocycles. The van der Waals surface area contributed by atoms with E-state index in [1.54, 1.807) is 13.1 Å². The van der Waals surface area contributed by atoms with Crippen LogP contribution in [-0.4, -0.2) is 29.5 Å². The molecule has 5 heteroatoms. The van der Waals surface area contributed by atoms with Crippen LogP contribution < -0.4 is 0 Å². The van der Waals surface area contributed by atoms with E-state index >= 15 is 0 Å². The Balaban J connectivity index is 2.62. The fourth-order valence-electron chi connectivity index (χ4n) is 1.24. The van der Waals surface area contributed by atoms with Crippen LogP contribution >= 0.6 is 0 Å². The number of nitrogens with zero attached hydrogens (tertiary/aromatic N) is 2. The average Bonchev–Trinajstić information content (AvgIpc) is 2.62. The Morgan fingerprint density at radius 2 is 2.14 bits per heavy atom. The lowest BCUT2D eigenvalue weighted by Gasteiger charge is -2.05. The predicted molar refractivity (Wildman–Crippen MR) is 55.9 cm³/mol. The lowest BCUT2D eigenvalue weighted by molar-refractivity contribution is 0.587. The third kappa shape index (κ3) is 2.83. The predicted octanol–water partition coefficient (Wildman–Crippen LogP) is 0.880. The molecule has 1 heterocycles. The molecule has 0 saturated heterocycles. The molecule has 80 valence electrons. The molecular weight excluding hydrogens is 200 g/mol. The Kier molecular flexibility index (Phi) is 3.69. The number of aryl methyl sites for hydroxylation is 2. The van der Waals surface area contributed by atoms with Gasteiger partial charge >= 0.3 is 0 Å². The van der Waals surface area contributed by atoms with Crippen molar-refractivity contribution in [3.63, 3.8) is 0 Å². The highest BCUT2D eigenvalue weighted by Gasteiger charge is 2.08. The quantitative estimate of drug-likeness (QED) is 0.734. The van der Waals surface area contributed by atoms with Crippen LogP contribution in [0.5, 0.6) is 0 Å². The molecule has 0 bridgehead atoms. The first kappa shape index (κ1) is 11.2. The van der Waals surface area contributed by atoms with Crippen LogP contribution in [0.15, 0.2) is 12.4 Å². The van der Waals surface area contributed by atoms with Crippen molar-refractivity contribution in [1.82, 2.24) is 9.55 Å². The fourth-order valence-corrected chi connectivity index (χ4v) is 2.00. The number of hydrogen-bond acceptors (Lipinski definition) is 3. The number of imidazole rings is 1. The fraction of sp³-hybridized carbons (Fsp3) is 0.667. The molecule has 0 unspecified atom stereocenters. The van der Waals surface area contributed by atoms with E-state index in [0.717, 1.165) is 12.2 Å². The first-order valence-electron chi connectivity index (χ1n) is 4.79. The van der Waals surface area contributed by atoms with Crippen LogP contribution in [0.1, 0.15) is 19.7 Å². The summed E-state index contributed by atoms with van der Waals surface area (Å²) in [7, 11) is -2.87. The maximum atomic E-state index is 11.3. The molecule has 0 aliphatic rings. The topological polar surface area (TPSA) is 52.0 Å². The minimum Gasteiger partial charge on any atom is -0.334 e. The summed E-state index contributed by atoms with van der Waals surface area (Å²) in [6, 6.07) is 0. The molecule has 0 fully saturated rings. The molecule has 1 rings (SSSR count). The Labute approximate surface area is 84.9 Å². The van der Waals surface area contributed by atoms with Gasteiger partial charge in [-0.15, -0.1) is 0 Å². The average molecular weight is 216 g/mol. The van der Waals surface area contributed by atoms with Gasteiger partial charge in [-0.1, -0.05) is 13.8 Å². The van der Waals surface area contributed by atoms with Crippen LogP contribution in [-0.2, 0) is 22.8 Å². The van der Waals surface area contributed by atoms with Crippen molar-refractivity contribution in [3.05, 3.63) is 18.2 Å². The second-order valence-electron chi connectivity index (χ2n) is 3.13. The highest BCUT2D eigenvalue weighted by Crippen LogP contribution is 2.00. The summed E-state index contributed by atoms with van der Waals surface area (Å²) in [5.41, 5.74) is 0. The van der Waals surface area contributed by atoms with Crippen molar-refractivity contribution in [2.24, 2.45) is 0 Å². The van der Waals surface area contributed by atoms with Crippen molar-refractivity contribution < 1.29 is 8.42 Å². The van der Waals surface area contributed by atoms with Crippen LogP contribution in [0.4, 0.5) is 0 Å². The van der Waals surface area contributed by atoms with E-state index in [4.69, 9.17) is 0 Å². The second-order valence-corrected chi connectivity index (χ2v) is 5.60. The Morgan fingerprint density at radius 3 is 2.71 bits per heavy atom. The molecule has 0 aliphatic carbocycles. The molecule has 1 aromatic rings. The highest BCUT2D eigenvalue weighted by atomic mass is 32.2. The zero-order valence-electron chi connectivity index (χ0n) is 8.60. The molecule has 0 amide bonds. The van der Waals surface area contributed by atoms with E-state index in [1.165, 1.54) is 0 Å². The minimum atomic E-state index is -2.87. The van der Waals surface area contributed by atoms with E-state index < -0.39 is 9.84 Å². The van der Waals surface area contributed by atoms with E-state index in [0.29, 0.717) is 6.54 Å². The second kappa shape index (κ2) is 4.59. The van der Waals surface area contributed by atoms with Crippen molar-refractivity contribution >= 4 is 9.84 Å². The van der Waals surface area contributed by atoms with Gasteiger partial charge in [-0.25, -0.2) is 13.4 Å². The first-order valence-corrected chi connectivity index (χ1v) is 6.61. The van der Waals surface area contributed by atoms with Crippen LogP contribution in [0.2, 0.25) is 0 Å². The maximum absolute atomic E-state index is 11.3. The number of rotatable bonds is 5. The molecule has 1 aromatic heterocycles. The molecule has 0 atom stereocenters. The summed E-state index contributed by atoms with van der Waals surface area (Å²) in [5, 5.41) is 0. The summed E-state index contributed by atoms with van der Waals surface area (Å²) in [4.78, 5) is 4.13. The monoisotopic (exact) mass is 216 g/mol. The van der Waals surface area contributed by atoms with Crippen molar-refractivity contribution in [2.45, 2.75) is 26.8 Å². The summed E-state index contributed by atoms with van der Waals surface area (Å²) in [6.45, 7) is 4.19. The lowest BCUT2D eigenvalue weighted by Crippen LogP contribution is -2.15. The standard InChI is InChI=1S/C9H16N2O2S/c1-3-9-10-5-6-11(9)7-8-14(12,13)4-2/h5-6H,3-4,7-8H2,1-2H3. The van der Waals surface area contributed by atoms with Gasteiger partial charge in [-0.2, -0.15) is 0 Å². The summed E-state index contributed by atoms with van der Waals surface area (Å²) >= 11 is 0. The van der Waals surface area contributed by atoms with Gasteiger partial charge in [0.15, 0.2) is 9.84 Å². The molecule has 4 nitrogen and oxygen atoms in total. The van der Waals surface area contributed by atoms with Gasteiger partial charge in [0.05, 0.1) is 5.75 Å². The minimum absolute atomic E-state index is 0.201. The van der Waals surface area contributed by atoms with E-state index in [2.05, 4.69) is 4.98 Å². The molecule has 0 aromatic carbocycles. The van der Waals surface area contributed by atoms with Crippen LogP contribution in [0.3, 0.4) is 0 Å². The van der Waals surface area contributed by atoms with Gasteiger partial charge in [-0.05, 0) is 0 Å². The SMILES string of the molecule is CCc1nccn1CCS(=O)(=O)CC. The molecule has 14 heavy (non-hydrogen) atoms. The molecule has 0 spiro atoms. The lowest BCUT2D eigenvalue weighted by atomic mass is 10.4. The Hall–Kier alpha value is -0.840. The van der Waals surface area contributed by atoms with Gasteiger partial charge in [0.2, 0.25) is 0 Å². The van der Waals surface area contributed by atoms with Gasteiger partial charge in [-0.3, -0.25) is 0 Å². The van der Waals surface area contributed by atoms with Crippen molar-refractivity contribution in [3.8, 4) is 0 Å². The molecule has 0 aliphatic heterocycles. The Bertz CT molecular complexity index is 381. The molecule has 0 N–H and O–H groups in total. The summed E-state index contributed by atoms with van der Waals surface area (Å²) in [6.07, 6.45) is 4.36. The van der Waals surface area contributed by atoms with E-state index in [1.807, 2.05) is 17.7 Å². The normalized spacial score (nSPS) is 11.9. The number of aromatic nitrogens is 2. The van der Waals surface area contributed by atoms with Gasteiger partial charge < -0.3 is 4.57 Å². The van der Waals surface area contributed by atoms with Gasteiger partial charge in [0.1, 0.15) is 5.82 Å². The number of hydrogen-bond donors (Lipinski definition) is 0. The summed E-state index contributed by atoms with van der Waals surface area (Å²) < 4.78 is 24.4. The van der Waals surface area contributed by atoms with Crippen molar-refractivity contribution in [2.75, 3.05) is 11.5 Å². The third-order valence-corrected chi connectivity index (χ3v) is 3.89. The molecule has 0 radical (unpaired) electrons. The smallest absolute Gasteiger partial charge is 0.151 e. The number of sulfone groups is 1. The van der Waals surface area contributed by atoms with Crippen LogP contribution in [0, 0.1) is 0 Å². The van der Waals surface area contributed by atoms with Crippen molar-refractivity contribution in [1.29, 1.82) is 0 Å². The summed E-state index contributed by atoms with van der Waals surface area (Å²) in [5.74, 6) is 1.35.